The molecule has 5 nitrogen and oxygen atoms in total. The van der Waals surface area contributed by atoms with Crippen LogP contribution in [-0.2, 0) is 11.3 Å². The number of esters is 1. The summed E-state index contributed by atoms with van der Waals surface area (Å²) in [6.45, 7) is 1.47. The minimum Gasteiger partial charge on any atom is -0.465 e. The molecular formula is C22H22N2O3. The number of aromatic nitrogens is 1. The van der Waals surface area contributed by atoms with Crippen molar-refractivity contribution in [1.82, 2.24) is 10.3 Å². The van der Waals surface area contributed by atoms with Crippen LogP contribution in [0.3, 0.4) is 0 Å². The summed E-state index contributed by atoms with van der Waals surface area (Å²) >= 11 is 0. The fraction of sp³-hybridized carbons (Fsp3) is 0.182. The number of hydrogen-bond acceptors (Lipinski definition) is 5. The zero-order chi connectivity index (χ0) is 19.1. The maximum absolute atomic E-state index is 11.7. The summed E-state index contributed by atoms with van der Waals surface area (Å²) in [7, 11) is 1.37. The van der Waals surface area contributed by atoms with Crippen molar-refractivity contribution in [1.29, 1.82) is 0 Å². The van der Waals surface area contributed by atoms with Crippen molar-refractivity contribution in [2.75, 3.05) is 20.3 Å². The third-order valence-electron chi connectivity index (χ3n) is 4.27. The summed E-state index contributed by atoms with van der Waals surface area (Å²) in [4.78, 5) is 16.0. The first-order valence-electron chi connectivity index (χ1n) is 8.77. The molecule has 2 aromatic carbocycles. The molecule has 0 fully saturated rings. The predicted molar refractivity (Wildman–Crippen MR) is 105 cm³/mol. The Labute approximate surface area is 158 Å². The van der Waals surface area contributed by atoms with Gasteiger partial charge < -0.3 is 15.2 Å². The summed E-state index contributed by atoms with van der Waals surface area (Å²) in [6, 6.07) is 19.8. The second-order valence-corrected chi connectivity index (χ2v) is 6.10. The average molecular weight is 362 g/mol. The maximum atomic E-state index is 11.7. The molecule has 5 heteroatoms. The van der Waals surface area contributed by atoms with Crippen LogP contribution in [0.25, 0.3) is 22.4 Å². The van der Waals surface area contributed by atoms with Crippen molar-refractivity contribution in [2.24, 2.45) is 0 Å². The zero-order valence-electron chi connectivity index (χ0n) is 15.2. The summed E-state index contributed by atoms with van der Waals surface area (Å²) in [5.41, 5.74) is 5.56. The number of hydrogen-bond donors (Lipinski definition) is 2. The predicted octanol–water partition coefficient (Wildman–Crippen LogP) is 3.28. The molecule has 1 heterocycles. The van der Waals surface area contributed by atoms with Gasteiger partial charge in [-0.05, 0) is 28.8 Å². The molecule has 0 radical (unpaired) electrons. The van der Waals surface area contributed by atoms with Crippen LogP contribution >= 0.6 is 0 Å². The number of nitrogens with one attached hydrogen (secondary N) is 1. The molecule has 3 aromatic rings. The lowest BCUT2D eigenvalue weighted by atomic mass is 10.0. The minimum atomic E-state index is -0.371. The first-order chi connectivity index (χ1) is 13.2. The number of carbonyl (C=O) groups excluding carboxylic acids is 1. The first kappa shape index (κ1) is 18.8. The van der Waals surface area contributed by atoms with Gasteiger partial charge in [-0.15, -0.1) is 0 Å². The van der Waals surface area contributed by atoms with Crippen molar-refractivity contribution < 1.29 is 14.6 Å². The molecule has 27 heavy (non-hydrogen) atoms. The molecule has 138 valence electrons. The summed E-state index contributed by atoms with van der Waals surface area (Å²) in [6.07, 6.45) is 1.61. The molecule has 0 bridgehead atoms. The van der Waals surface area contributed by atoms with Crippen molar-refractivity contribution >= 4 is 5.97 Å². The number of nitrogens with zero attached hydrogens (tertiary/aromatic N) is 1. The van der Waals surface area contributed by atoms with E-state index in [9.17, 15) is 4.79 Å². The topological polar surface area (TPSA) is 71.5 Å². The lowest BCUT2D eigenvalue weighted by molar-refractivity contribution is 0.0600. The Morgan fingerprint density at radius 2 is 1.63 bits per heavy atom. The van der Waals surface area contributed by atoms with Gasteiger partial charge in [0.15, 0.2) is 0 Å². The van der Waals surface area contributed by atoms with Crippen LogP contribution in [-0.4, -0.2) is 36.3 Å². The van der Waals surface area contributed by atoms with Gasteiger partial charge in [0.1, 0.15) is 0 Å². The molecular weight excluding hydrogens is 340 g/mol. The maximum Gasteiger partial charge on any atom is 0.337 e. The number of aliphatic hydroxyl groups is 1. The van der Waals surface area contributed by atoms with E-state index in [1.54, 1.807) is 18.3 Å². The SMILES string of the molecule is COC(=O)c1ccnc(-c2ccc(-c3ccc(CNCCO)cc3)cc2)c1. The van der Waals surface area contributed by atoms with Crippen LogP contribution in [0.5, 0.6) is 0 Å². The molecule has 1 aromatic heterocycles. The van der Waals surface area contributed by atoms with Gasteiger partial charge in [0.2, 0.25) is 0 Å². The Bertz CT molecular complexity index is 890. The van der Waals surface area contributed by atoms with Gasteiger partial charge in [-0.25, -0.2) is 4.79 Å². The smallest absolute Gasteiger partial charge is 0.337 e. The highest BCUT2D eigenvalue weighted by molar-refractivity contribution is 5.90. The Balaban J connectivity index is 1.74. The van der Waals surface area contributed by atoms with Crippen molar-refractivity contribution in [3.8, 4) is 22.4 Å². The second kappa shape index (κ2) is 9.07. The number of ether oxygens (including phenoxy) is 1. The van der Waals surface area contributed by atoms with Crippen molar-refractivity contribution in [3.63, 3.8) is 0 Å². The molecule has 0 aliphatic heterocycles. The van der Waals surface area contributed by atoms with Crippen LogP contribution in [0.4, 0.5) is 0 Å². The molecule has 0 saturated carbocycles. The Morgan fingerprint density at radius 1 is 1.00 bits per heavy atom. The Hall–Kier alpha value is -3.02. The molecule has 0 unspecified atom stereocenters. The molecule has 0 aliphatic carbocycles. The van der Waals surface area contributed by atoms with E-state index in [2.05, 4.69) is 34.6 Å². The van der Waals surface area contributed by atoms with Gasteiger partial charge in [0, 0.05) is 24.8 Å². The quantitative estimate of drug-likeness (QED) is 0.498. The lowest BCUT2D eigenvalue weighted by Gasteiger charge is -2.07. The molecule has 0 amide bonds. The number of benzene rings is 2. The van der Waals surface area contributed by atoms with E-state index in [1.165, 1.54) is 12.7 Å². The number of pyridine rings is 1. The first-order valence-corrected chi connectivity index (χ1v) is 8.77. The monoisotopic (exact) mass is 362 g/mol. The number of methoxy groups -OCH3 is 1. The normalized spacial score (nSPS) is 10.6. The van der Waals surface area contributed by atoms with E-state index >= 15 is 0 Å². The summed E-state index contributed by atoms with van der Waals surface area (Å²) in [5.74, 6) is -0.371. The average Bonchev–Trinajstić information content (AvgIpc) is 2.74. The highest BCUT2D eigenvalue weighted by Gasteiger charge is 2.08. The van der Waals surface area contributed by atoms with E-state index in [-0.39, 0.29) is 12.6 Å². The molecule has 0 atom stereocenters. The van der Waals surface area contributed by atoms with Gasteiger partial charge in [-0.2, -0.15) is 0 Å². The molecule has 0 aliphatic rings. The third-order valence-corrected chi connectivity index (χ3v) is 4.27. The fourth-order valence-corrected chi connectivity index (χ4v) is 2.79. The summed E-state index contributed by atoms with van der Waals surface area (Å²) in [5, 5.41) is 12.0. The zero-order valence-corrected chi connectivity index (χ0v) is 15.2. The fourth-order valence-electron chi connectivity index (χ4n) is 2.79. The van der Waals surface area contributed by atoms with E-state index in [0.717, 1.165) is 28.9 Å². The van der Waals surface area contributed by atoms with Crippen molar-refractivity contribution in [3.05, 3.63) is 78.0 Å². The standard InChI is InChI=1S/C22H22N2O3/c1-27-22(26)20-10-11-24-21(14-20)19-8-6-18(7-9-19)17-4-2-16(3-5-17)15-23-12-13-25/h2-11,14,23,25H,12-13,15H2,1H3. The minimum absolute atomic E-state index is 0.141. The lowest BCUT2D eigenvalue weighted by Crippen LogP contribution is -2.17. The largest absolute Gasteiger partial charge is 0.465 e. The number of carbonyl (C=O) groups is 1. The highest BCUT2D eigenvalue weighted by Crippen LogP contribution is 2.24. The van der Waals surface area contributed by atoms with Gasteiger partial charge in [0.25, 0.3) is 0 Å². The second-order valence-electron chi connectivity index (χ2n) is 6.10. The highest BCUT2D eigenvalue weighted by atomic mass is 16.5. The van der Waals surface area contributed by atoms with Gasteiger partial charge in [0.05, 0.1) is 25.0 Å². The number of aliphatic hydroxyl groups excluding tert-OH is 1. The summed E-state index contributed by atoms with van der Waals surface area (Å²) < 4.78 is 4.76. The van der Waals surface area contributed by atoms with Gasteiger partial charge in [-0.1, -0.05) is 48.5 Å². The van der Waals surface area contributed by atoms with Crippen LogP contribution in [0.1, 0.15) is 15.9 Å². The van der Waals surface area contributed by atoms with E-state index < -0.39 is 0 Å². The van der Waals surface area contributed by atoms with Crippen LogP contribution in [0.15, 0.2) is 66.9 Å². The number of rotatable bonds is 7. The van der Waals surface area contributed by atoms with Crippen LogP contribution in [0.2, 0.25) is 0 Å². The molecule has 3 rings (SSSR count). The van der Waals surface area contributed by atoms with Gasteiger partial charge in [-0.3, -0.25) is 4.98 Å². The molecule has 0 saturated heterocycles. The van der Waals surface area contributed by atoms with Crippen LogP contribution < -0.4 is 5.32 Å². The Kier molecular flexibility index (Phi) is 6.30. The molecule has 0 spiro atoms. The van der Waals surface area contributed by atoms with E-state index in [4.69, 9.17) is 9.84 Å². The Morgan fingerprint density at radius 3 is 2.26 bits per heavy atom. The third kappa shape index (κ3) is 4.78. The van der Waals surface area contributed by atoms with E-state index in [0.29, 0.717) is 12.1 Å². The van der Waals surface area contributed by atoms with Crippen molar-refractivity contribution in [2.45, 2.75) is 6.54 Å². The van der Waals surface area contributed by atoms with E-state index in [1.807, 2.05) is 24.3 Å². The van der Waals surface area contributed by atoms with Gasteiger partial charge >= 0.3 is 5.97 Å². The molecule has 2 N–H and O–H groups in total. The van der Waals surface area contributed by atoms with Crippen LogP contribution in [0, 0.1) is 0 Å².